The highest BCUT2D eigenvalue weighted by Gasteiger charge is 2.49. The third-order valence-corrected chi connectivity index (χ3v) is 3.95. The predicted octanol–water partition coefficient (Wildman–Crippen LogP) is 1.63. The van der Waals surface area contributed by atoms with E-state index in [1.54, 1.807) is 0 Å². The van der Waals surface area contributed by atoms with E-state index in [-0.39, 0.29) is 5.97 Å². The SMILES string of the molecule is COC(=O)C(N)(CN(C)C(C)CC(C)C)C1CC1. The van der Waals surface area contributed by atoms with Crippen LogP contribution in [0.25, 0.3) is 0 Å². The number of hydrogen-bond donors (Lipinski definition) is 1. The minimum Gasteiger partial charge on any atom is -0.468 e. The highest BCUT2D eigenvalue weighted by atomic mass is 16.5. The molecule has 0 aromatic heterocycles. The van der Waals surface area contributed by atoms with E-state index in [9.17, 15) is 4.79 Å². The van der Waals surface area contributed by atoms with E-state index in [4.69, 9.17) is 10.5 Å². The van der Waals surface area contributed by atoms with Crippen molar-refractivity contribution in [1.82, 2.24) is 4.90 Å². The van der Waals surface area contributed by atoms with Gasteiger partial charge in [-0.1, -0.05) is 13.8 Å². The molecule has 0 aromatic rings. The Labute approximate surface area is 111 Å². The number of methoxy groups -OCH3 is 1. The number of carbonyl (C=O) groups excluding carboxylic acids is 1. The molecule has 4 heteroatoms. The highest BCUT2D eigenvalue weighted by molar-refractivity contribution is 5.81. The topological polar surface area (TPSA) is 55.6 Å². The van der Waals surface area contributed by atoms with Crippen molar-refractivity contribution >= 4 is 5.97 Å². The van der Waals surface area contributed by atoms with E-state index < -0.39 is 5.54 Å². The van der Waals surface area contributed by atoms with Crippen LogP contribution in [-0.2, 0) is 9.53 Å². The van der Waals surface area contributed by atoms with Crippen LogP contribution in [0, 0.1) is 11.8 Å². The van der Waals surface area contributed by atoms with E-state index in [0.717, 1.165) is 19.3 Å². The van der Waals surface area contributed by atoms with Gasteiger partial charge in [-0.05, 0) is 45.1 Å². The van der Waals surface area contributed by atoms with Gasteiger partial charge in [0.2, 0.25) is 0 Å². The maximum Gasteiger partial charge on any atom is 0.327 e. The van der Waals surface area contributed by atoms with E-state index in [0.29, 0.717) is 24.4 Å². The largest absolute Gasteiger partial charge is 0.468 e. The molecule has 1 rings (SSSR count). The van der Waals surface area contributed by atoms with Gasteiger partial charge in [-0.25, -0.2) is 0 Å². The Morgan fingerprint density at radius 2 is 2.00 bits per heavy atom. The number of carbonyl (C=O) groups is 1. The molecule has 0 aliphatic heterocycles. The minimum absolute atomic E-state index is 0.270. The fourth-order valence-electron chi connectivity index (χ4n) is 2.58. The Bertz CT molecular complexity index is 290. The molecule has 1 aliphatic carbocycles. The van der Waals surface area contributed by atoms with Crippen molar-refractivity contribution in [3.63, 3.8) is 0 Å². The first-order chi connectivity index (χ1) is 8.31. The van der Waals surface area contributed by atoms with Crippen molar-refractivity contribution in [3.8, 4) is 0 Å². The molecule has 18 heavy (non-hydrogen) atoms. The molecule has 2 atom stereocenters. The van der Waals surface area contributed by atoms with E-state index in [2.05, 4.69) is 25.7 Å². The number of likely N-dealkylation sites (N-methyl/N-ethyl adjacent to an activating group) is 1. The zero-order chi connectivity index (χ0) is 13.9. The summed E-state index contributed by atoms with van der Waals surface area (Å²) in [5.41, 5.74) is 5.49. The summed E-state index contributed by atoms with van der Waals surface area (Å²) in [6.45, 7) is 7.19. The molecule has 1 fully saturated rings. The number of nitrogens with two attached hydrogens (primary N) is 1. The van der Waals surface area contributed by atoms with Gasteiger partial charge in [0.25, 0.3) is 0 Å². The molecule has 0 spiro atoms. The summed E-state index contributed by atoms with van der Waals surface area (Å²) in [5.74, 6) is 0.668. The van der Waals surface area contributed by atoms with Crippen LogP contribution >= 0.6 is 0 Å². The Morgan fingerprint density at radius 1 is 1.44 bits per heavy atom. The number of ether oxygens (including phenoxy) is 1. The van der Waals surface area contributed by atoms with Crippen LogP contribution in [0.1, 0.15) is 40.0 Å². The quantitative estimate of drug-likeness (QED) is 0.703. The first-order valence-electron chi connectivity index (χ1n) is 6.88. The number of rotatable bonds is 7. The summed E-state index contributed by atoms with van der Waals surface area (Å²) in [4.78, 5) is 14.1. The predicted molar refractivity (Wildman–Crippen MR) is 73.2 cm³/mol. The molecule has 1 aliphatic rings. The van der Waals surface area contributed by atoms with Crippen LogP contribution in [0.2, 0.25) is 0 Å². The first-order valence-corrected chi connectivity index (χ1v) is 6.88. The van der Waals surface area contributed by atoms with Crippen LogP contribution in [0.5, 0.6) is 0 Å². The third-order valence-electron chi connectivity index (χ3n) is 3.95. The molecule has 0 amide bonds. The molecule has 1 saturated carbocycles. The van der Waals surface area contributed by atoms with Crippen molar-refractivity contribution in [3.05, 3.63) is 0 Å². The van der Waals surface area contributed by atoms with Crippen molar-refractivity contribution in [2.45, 2.75) is 51.6 Å². The van der Waals surface area contributed by atoms with E-state index in [1.165, 1.54) is 7.11 Å². The lowest BCUT2D eigenvalue weighted by atomic mass is 9.92. The average molecular weight is 256 g/mol. The Kier molecular flexibility index (Phi) is 5.17. The van der Waals surface area contributed by atoms with Crippen LogP contribution in [-0.4, -0.2) is 43.2 Å². The molecular formula is C14H28N2O2. The third kappa shape index (κ3) is 3.69. The zero-order valence-electron chi connectivity index (χ0n) is 12.4. The van der Waals surface area contributed by atoms with Gasteiger partial charge in [0.05, 0.1) is 7.11 Å². The van der Waals surface area contributed by atoms with Crippen LogP contribution < -0.4 is 5.73 Å². The van der Waals surface area contributed by atoms with E-state index in [1.807, 2.05) is 7.05 Å². The summed E-state index contributed by atoms with van der Waals surface area (Å²) < 4.78 is 4.89. The average Bonchev–Trinajstić information content (AvgIpc) is 3.10. The summed E-state index contributed by atoms with van der Waals surface area (Å²) in [6.07, 6.45) is 3.19. The molecule has 106 valence electrons. The maximum absolute atomic E-state index is 11.9. The molecule has 2 unspecified atom stereocenters. The Balaban J connectivity index is 2.63. The monoisotopic (exact) mass is 256 g/mol. The molecule has 0 bridgehead atoms. The zero-order valence-corrected chi connectivity index (χ0v) is 12.4. The number of hydrogen-bond acceptors (Lipinski definition) is 4. The van der Waals surface area contributed by atoms with Gasteiger partial charge in [-0.15, -0.1) is 0 Å². The molecular weight excluding hydrogens is 228 g/mol. The second kappa shape index (κ2) is 6.02. The smallest absolute Gasteiger partial charge is 0.327 e. The second-order valence-electron chi connectivity index (χ2n) is 6.20. The first kappa shape index (κ1) is 15.4. The molecule has 0 radical (unpaired) electrons. The van der Waals surface area contributed by atoms with Crippen molar-refractivity contribution in [1.29, 1.82) is 0 Å². The standard InChI is InChI=1S/C14H28N2O2/c1-10(2)8-11(3)16(4)9-14(15,12-6-7-12)13(17)18-5/h10-12H,6-9,15H2,1-5H3. The van der Waals surface area contributed by atoms with Gasteiger partial charge < -0.3 is 15.4 Å². The van der Waals surface area contributed by atoms with Gasteiger partial charge in [0, 0.05) is 12.6 Å². The molecule has 0 saturated heterocycles. The fraction of sp³-hybridized carbons (Fsp3) is 0.929. The summed E-state index contributed by atoms with van der Waals surface area (Å²) in [5, 5.41) is 0. The van der Waals surface area contributed by atoms with E-state index >= 15 is 0 Å². The minimum atomic E-state index is -0.825. The van der Waals surface area contributed by atoms with Gasteiger partial charge in [0.1, 0.15) is 5.54 Å². The summed E-state index contributed by atoms with van der Waals surface area (Å²) in [6, 6.07) is 0.427. The summed E-state index contributed by atoms with van der Waals surface area (Å²) >= 11 is 0. The molecule has 2 N–H and O–H groups in total. The normalized spacial score (nSPS) is 20.9. The van der Waals surface area contributed by atoms with Crippen LogP contribution in [0.3, 0.4) is 0 Å². The lowest BCUT2D eigenvalue weighted by Gasteiger charge is -2.35. The molecule has 0 heterocycles. The van der Waals surface area contributed by atoms with Gasteiger partial charge >= 0.3 is 5.97 Å². The number of esters is 1. The van der Waals surface area contributed by atoms with Crippen molar-refractivity contribution in [2.24, 2.45) is 17.6 Å². The Hall–Kier alpha value is -0.610. The lowest BCUT2D eigenvalue weighted by molar-refractivity contribution is -0.149. The number of nitrogens with zero attached hydrogens (tertiary/aromatic N) is 1. The van der Waals surface area contributed by atoms with Crippen molar-refractivity contribution in [2.75, 3.05) is 20.7 Å². The van der Waals surface area contributed by atoms with Crippen LogP contribution in [0.15, 0.2) is 0 Å². The fourth-order valence-corrected chi connectivity index (χ4v) is 2.58. The highest BCUT2D eigenvalue weighted by Crippen LogP contribution is 2.39. The lowest BCUT2D eigenvalue weighted by Crippen LogP contribution is -2.59. The Morgan fingerprint density at radius 3 is 2.39 bits per heavy atom. The molecule has 4 nitrogen and oxygen atoms in total. The summed E-state index contributed by atoms with van der Waals surface area (Å²) in [7, 11) is 3.46. The van der Waals surface area contributed by atoms with Gasteiger partial charge in [-0.3, -0.25) is 4.79 Å². The van der Waals surface area contributed by atoms with Gasteiger partial charge in [-0.2, -0.15) is 0 Å². The van der Waals surface area contributed by atoms with Gasteiger partial charge in [0.15, 0.2) is 0 Å². The van der Waals surface area contributed by atoms with Crippen molar-refractivity contribution < 1.29 is 9.53 Å². The van der Waals surface area contributed by atoms with Crippen LogP contribution in [0.4, 0.5) is 0 Å². The maximum atomic E-state index is 11.9. The molecule has 0 aromatic carbocycles. The second-order valence-corrected chi connectivity index (χ2v) is 6.20.